The molecule has 4 rings (SSSR count). The Morgan fingerprint density at radius 3 is 2.88 bits per heavy atom. The van der Waals surface area contributed by atoms with Crippen LogP contribution in [0.1, 0.15) is 35.9 Å². The van der Waals surface area contributed by atoms with Crippen LogP contribution in [-0.4, -0.2) is 33.3 Å². The van der Waals surface area contributed by atoms with E-state index in [1.54, 1.807) is 24.2 Å². The highest BCUT2D eigenvalue weighted by atomic mass is 79.9. The minimum atomic E-state index is -0.345. The lowest BCUT2D eigenvalue weighted by atomic mass is 9.82. The number of fused-ring (bicyclic) bond motifs is 2. The Bertz CT molecular complexity index is 887. The molecule has 1 unspecified atom stereocenters. The van der Waals surface area contributed by atoms with Crippen molar-refractivity contribution < 1.29 is 9.53 Å². The van der Waals surface area contributed by atoms with Crippen molar-refractivity contribution in [2.75, 3.05) is 17.7 Å². The number of ether oxygens (including phenoxy) is 1. The van der Waals surface area contributed by atoms with Gasteiger partial charge in [-0.1, -0.05) is 0 Å². The Labute approximate surface area is 164 Å². The Balaban J connectivity index is 1.65. The second-order valence-corrected chi connectivity index (χ2v) is 8.45. The van der Waals surface area contributed by atoms with Crippen LogP contribution < -0.4 is 10.1 Å². The van der Waals surface area contributed by atoms with Gasteiger partial charge in [0.05, 0.1) is 21.7 Å². The molecule has 0 aliphatic carbocycles. The second-order valence-electron chi connectivity index (χ2n) is 6.25. The van der Waals surface area contributed by atoms with E-state index in [1.807, 2.05) is 18.2 Å². The number of nitrogens with zero attached hydrogens (tertiary/aromatic N) is 3. The van der Waals surface area contributed by atoms with Crippen LogP contribution in [0.5, 0.6) is 5.75 Å². The van der Waals surface area contributed by atoms with E-state index in [1.165, 1.54) is 0 Å². The van der Waals surface area contributed by atoms with Crippen molar-refractivity contribution in [3.05, 3.63) is 46.5 Å². The maximum Gasteiger partial charge on any atom is 0.293 e. The van der Waals surface area contributed by atoms with Gasteiger partial charge in [-0.15, -0.1) is 11.8 Å². The average Bonchev–Trinajstić information content (AvgIpc) is 2.63. The highest BCUT2D eigenvalue weighted by Crippen LogP contribution is 2.46. The first-order valence-corrected chi connectivity index (χ1v) is 10.1. The summed E-state index contributed by atoms with van der Waals surface area (Å²) >= 11 is 5.06. The molecule has 1 atom stereocenters. The average molecular weight is 433 g/mol. The van der Waals surface area contributed by atoms with Gasteiger partial charge < -0.3 is 10.1 Å². The summed E-state index contributed by atoms with van der Waals surface area (Å²) in [6, 6.07) is 5.71. The van der Waals surface area contributed by atoms with E-state index < -0.39 is 0 Å². The molecule has 6 nitrogen and oxygen atoms in total. The van der Waals surface area contributed by atoms with Gasteiger partial charge in [-0.3, -0.25) is 9.79 Å². The fourth-order valence-corrected chi connectivity index (χ4v) is 4.49. The van der Waals surface area contributed by atoms with E-state index in [-0.39, 0.29) is 17.3 Å². The molecule has 2 aliphatic heterocycles. The molecule has 0 radical (unpaired) electrons. The largest absolute Gasteiger partial charge is 0.493 e. The van der Waals surface area contributed by atoms with Gasteiger partial charge in [0.1, 0.15) is 5.75 Å². The molecule has 0 saturated carbocycles. The molecular formula is C18H17BrN4O2S. The number of nitrogens with one attached hydrogen (secondary N) is 1. The smallest absolute Gasteiger partial charge is 0.293 e. The number of hydrogen-bond acceptors (Lipinski definition) is 6. The molecule has 1 aromatic heterocycles. The molecule has 2 aromatic rings. The normalized spacial score (nSPS) is 21.5. The number of carbonyl (C=O) groups excluding carboxylic acids is 1. The van der Waals surface area contributed by atoms with Gasteiger partial charge in [0.25, 0.3) is 5.91 Å². The summed E-state index contributed by atoms with van der Waals surface area (Å²) in [6.07, 6.45) is 4.92. The molecule has 134 valence electrons. The summed E-state index contributed by atoms with van der Waals surface area (Å²) in [5.41, 5.74) is 1.48. The zero-order valence-electron chi connectivity index (χ0n) is 14.2. The van der Waals surface area contributed by atoms with Crippen LogP contribution in [0.15, 0.2) is 40.1 Å². The molecule has 3 heterocycles. The van der Waals surface area contributed by atoms with Crippen molar-refractivity contribution >= 4 is 44.3 Å². The van der Waals surface area contributed by atoms with Crippen molar-refractivity contribution in [1.29, 1.82) is 0 Å². The Morgan fingerprint density at radius 2 is 2.12 bits per heavy atom. The molecule has 1 spiro atoms. The zero-order valence-corrected chi connectivity index (χ0v) is 16.6. The van der Waals surface area contributed by atoms with Crippen LogP contribution in [0, 0.1) is 0 Å². The molecule has 1 N–H and O–H groups in total. The van der Waals surface area contributed by atoms with Gasteiger partial charge in [0.15, 0.2) is 0 Å². The van der Waals surface area contributed by atoms with Crippen LogP contribution in [0.4, 0.5) is 5.69 Å². The molecule has 0 saturated heterocycles. The van der Waals surface area contributed by atoms with E-state index in [0.717, 1.165) is 39.4 Å². The fourth-order valence-electron chi connectivity index (χ4n) is 3.31. The molecule has 8 heteroatoms. The second kappa shape index (κ2) is 7.00. The molecule has 1 amide bonds. The molecular weight excluding hydrogens is 416 g/mol. The van der Waals surface area contributed by atoms with E-state index in [2.05, 4.69) is 38.1 Å². The highest BCUT2D eigenvalue weighted by Gasteiger charge is 2.39. The van der Waals surface area contributed by atoms with Crippen LogP contribution in [-0.2, 0) is 5.54 Å². The number of halogens is 1. The van der Waals surface area contributed by atoms with Crippen molar-refractivity contribution in [2.24, 2.45) is 4.99 Å². The predicted octanol–water partition coefficient (Wildman–Crippen LogP) is 4.02. The molecule has 2 aliphatic rings. The lowest BCUT2D eigenvalue weighted by molar-refractivity contribution is 0.101. The summed E-state index contributed by atoms with van der Waals surface area (Å²) < 4.78 is 6.55. The predicted molar refractivity (Wildman–Crippen MR) is 106 cm³/mol. The molecule has 0 fully saturated rings. The third-order valence-corrected chi connectivity index (χ3v) is 5.86. The van der Waals surface area contributed by atoms with E-state index in [0.29, 0.717) is 12.3 Å². The first kappa shape index (κ1) is 17.5. The summed E-state index contributed by atoms with van der Waals surface area (Å²) in [4.78, 5) is 25.4. The number of amides is 1. The number of benzene rings is 1. The topological polar surface area (TPSA) is 76.5 Å². The SMILES string of the molecule is CC1=NC2(CCOc3ccc(NC(=O)c4ncc(Br)cn4)cc32)CCS1. The van der Waals surface area contributed by atoms with E-state index >= 15 is 0 Å². The number of anilines is 1. The third kappa shape index (κ3) is 3.35. The Hall–Kier alpha value is -1.93. The lowest BCUT2D eigenvalue weighted by Crippen LogP contribution is -2.34. The van der Waals surface area contributed by atoms with Crippen molar-refractivity contribution in [3.8, 4) is 5.75 Å². The van der Waals surface area contributed by atoms with Gasteiger partial charge in [-0.05, 0) is 47.5 Å². The monoisotopic (exact) mass is 432 g/mol. The Kier molecular flexibility index (Phi) is 4.71. The lowest BCUT2D eigenvalue weighted by Gasteiger charge is -2.38. The summed E-state index contributed by atoms with van der Waals surface area (Å²) in [5.74, 6) is 1.66. The third-order valence-electron chi connectivity index (χ3n) is 4.53. The fraction of sp³-hybridized carbons (Fsp3) is 0.333. The maximum absolute atomic E-state index is 12.4. The first-order chi connectivity index (χ1) is 12.6. The van der Waals surface area contributed by atoms with Crippen LogP contribution in [0.3, 0.4) is 0 Å². The molecule has 0 bridgehead atoms. The molecule has 1 aromatic carbocycles. The van der Waals surface area contributed by atoms with E-state index in [9.17, 15) is 4.79 Å². The van der Waals surface area contributed by atoms with Gasteiger partial charge in [-0.25, -0.2) is 9.97 Å². The number of aliphatic imine (C=N–C) groups is 1. The highest BCUT2D eigenvalue weighted by molar-refractivity contribution is 9.10. The summed E-state index contributed by atoms with van der Waals surface area (Å²) in [5, 5.41) is 3.97. The Morgan fingerprint density at radius 1 is 1.31 bits per heavy atom. The van der Waals surface area contributed by atoms with Crippen molar-refractivity contribution in [3.63, 3.8) is 0 Å². The standard InChI is InChI=1S/C18H17BrN4O2S/c1-11-23-18(5-7-26-11)4-6-25-15-3-2-13(8-14(15)18)22-17(24)16-20-9-12(19)10-21-16/h2-3,8-10H,4-7H2,1H3,(H,22,24). The number of thioether (sulfide) groups is 1. The quantitative estimate of drug-likeness (QED) is 0.774. The van der Waals surface area contributed by atoms with Gasteiger partial charge in [0.2, 0.25) is 5.82 Å². The molecule has 26 heavy (non-hydrogen) atoms. The minimum Gasteiger partial charge on any atom is -0.493 e. The van der Waals surface area contributed by atoms with Crippen LogP contribution >= 0.6 is 27.7 Å². The summed E-state index contributed by atoms with van der Waals surface area (Å²) in [6.45, 7) is 2.71. The number of hydrogen-bond donors (Lipinski definition) is 1. The number of carbonyl (C=O) groups is 1. The maximum atomic E-state index is 12.4. The van der Waals surface area contributed by atoms with Gasteiger partial charge >= 0.3 is 0 Å². The van der Waals surface area contributed by atoms with Crippen LogP contribution in [0.2, 0.25) is 0 Å². The first-order valence-electron chi connectivity index (χ1n) is 8.31. The zero-order chi connectivity index (χ0) is 18.1. The number of rotatable bonds is 2. The summed E-state index contributed by atoms with van der Waals surface area (Å²) in [7, 11) is 0. The van der Waals surface area contributed by atoms with Crippen molar-refractivity contribution in [1.82, 2.24) is 9.97 Å². The van der Waals surface area contributed by atoms with Gasteiger partial charge in [0, 0.05) is 35.8 Å². The minimum absolute atomic E-state index is 0.125. The van der Waals surface area contributed by atoms with Crippen LogP contribution in [0.25, 0.3) is 0 Å². The van der Waals surface area contributed by atoms with Gasteiger partial charge in [-0.2, -0.15) is 0 Å². The van der Waals surface area contributed by atoms with E-state index in [4.69, 9.17) is 9.73 Å². The van der Waals surface area contributed by atoms with Crippen molar-refractivity contribution in [2.45, 2.75) is 25.3 Å². The number of aromatic nitrogens is 2.